The zero-order valence-corrected chi connectivity index (χ0v) is 14.4. The molecule has 0 saturated carbocycles. The maximum Gasteiger partial charge on any atom is 0.0961 e. The van der Waals surface area contributed by atoms with Gasteiger partial charge in [0.1, 0.15) is 0 Å². The normalized spacial score (nSPS) is 13.6. The molecular weight excluding hydrogens is 260 g/mol. The fourth-order valence-corrected chi connectivity index (χ4v) is 2.53. The Kier molecular flexibility index (Phi) is 15.4. The summed E-state index contributed by atoms with van der Waals surface area (Å²) in [6.07, 6.45) is 16.3. The van der Waals surface area contributed by atoms with Gasteiger partial charge in [0.05, 0.1) is 6.10 Å². The summed E-state index contributed by atoms with van der Waals surface area (Å²) in [4.78, 5) is 0. The average molecular weight is 299 g/mol. The summed E-state index contributed by atoms with van der Waals surface area (Å²) < 4.78 is 5.83. The molecule has 0 aromatic heterocycles. The molecule has 0 amide bonds. The van der Waals surface area contributed by atoms with E-state index in [-0.39, 0.29) is 6.10 Å². The van der Waals surface area contributed by atoms with Gasteiger partial charge >= 0.3 is 0 Å². The summed E-state index contributed by atoms with van der Waals surface area (Å²) in [7, 11) is 0. The average Bonchev–Trinajstić information content (AvgIpc) is 2.48. The smallest absolute Gasteiger partial charge is 0.0961 e. The molecule has 21 heavy (non-hydrogen) atoms. The van der Waals surface area contributed by atoms with Crippen LogP contribution in [-0.4, -0.2) is 19.3 Å². The third-order valence-corrected chi connectivity index (χ3v) is 3.91. The quantitative estimate of drug-likeness (QED) is 0.437. The van der Waals surface area contributed by atoms with E-state index < -0.39 is 0 Å². The standard InChI is InChI=1S/C18H38N2O/c1-3-5-6-7-8-9-10-11-12-13-16-21-18(4-2)17(20)14-15-19/h14,18H,3-13,15-16,19-20H2,1-2H3. The fourth-order valence-electron chi connectivity index (χ4n) is 2.53. The van der Waals surface area contributed by atoms with Crippen LogP contribution in [0.5, 0.6) is 0 Å². The van der Waals surface area contributed by atoms with Crippen molar-refractivity contribution in [3.63, 3.8) is 0 Å². The molecule has 0 fully saturated rings. The van der Waals surface area contributed by atoms with Crippen molar-refractivity contribution < 1.29 is 4.74 Å². The molecular formula is C18H38N2O. The van der Waals surface area contributed by atoms with Crippen LogP contribution in [0.3, 0.4) is 0 Å². The highest BCUT2D eigenvalue weighted by atomic mass is 16.5. The second kappa shape index (κ2) is 15.8. The summed E-state index contributed by atoms with van der Waals surface area (Å²) in [5, 5.41) is 0. The third-order valence-electron chi connectivity index (χ3n) is 3.91. The van der Waals surface area contributed by atoms with E-state index >= 15 is 0 Å². The monoisotopic (exact) mass is 298 g/mol. The van der Waals surface area contributed by atoms with Crippen molar-refractivity contribution in [3.05, 3.63) is 11.8 Å². The number of nitrogens with two attached hydrogens (primary N) is 2. The van der Waals surface area contributed by atoms with Crippen LogP contribution >= 0.6 is 0 Å². The predicted molar refractivity (Wildman–Crippen MR) is 93.2 cm³/mol. The van der Waals surface area contributed by atoms with E-state index in [4.69, 9.17) is 16.2 Å². The molecule has 0 aromatic rings. The van der Waals surface area contributed by atoms with Crippen molar-refractivity contribution >= 4 is 0 Å². The molecule has 1 atom stereocenters. The van der Waals surface area contributed by atoms with Gasteiger partial charge in [0.2, 0.25) is 0 Å². The highest BCUT2D eigenvalue weighted by molar-refractivity contribution is 5.03. The largest absolute Gasteiger partial charge is 0.400 e. The Hall–Kier alpha value is -0.540. The second-order valence-electron chi connectivity index (χ2n) is 5.89. The van der Waals surface area contributed by atoms with Crippen molar-refractivity contribution in [2.24, 2.45) is 11.5 Å². The molecule has 1 unspecified atom stereocenters. The van der Waals surface area contributed by atoms with Crippen LogP contribution in [0.1, 0.15) is 84.5 Å². The lowest BCUT2D eigenvalue weighted by Crippen LogP contribution is -2.22. The van der Waals surface area contributed by atoms with E-state index in [1.54, 1.807) is 0 Å². The minimum Gasteiger partial charge on any atom is -0.400 e. The summed E-state index contributed by atoms with van der Waals surface area (Å²) in [5.41, 5.74) is 12.2. The molecule has 126 valence electrons. The van der Waals surface area contributed by atoms with E-state index in [1.807, 2.05) is 6.08 Å². The Morgan fingerprint density at radius 2 is 1.43 bits per heavy atom. The molecule has 0 saturated heterocycles. The van der Waals surface area contributed by atoms with Gasteiger partial charge in [-0.05, 0) is 18.9 Å². The highest BCUT2D eigenvalue weighted by Gasteiger charge is 2.08. The van der Waals surface area contributed by atoms with Crippen molar-refractivity contribution in [1.29, 1.82) is 0 Å². The Bertz CT molecular complexity index is 241. The Balaban J connectivity index is 3.36. The highest BCUT2D eigenvalue weighted by Crippen LogP contribution is 2.11. The van der Waals surface area contributed by atoms with Crippen molar-refractivity contribution in [2.45, 2.75) is 90.6 Å². The van der Waals surface area contributed by atoms with Crippen LogP contribution in [0.4, 0.5) is 0 Å². The summed E-state index contributed by atoms with van der Waals surface area (Å²) in [5.74, 6) is 0. The lowest BCUT2D eigenvalue weighted by atomic mass is 10.1. The minimum atomic E-state index is 0.0483. The van der Waals surface area contributed by atoms with Gasteiger partial charge in [-0.1, -0.05) is 71.6 Å². The first-order valence-electron chi connectivity index (χ1n) is 9.03. The van der Waals surface area contributed by atoms with Crippen LogP contribution in [0, 0.1) is 0 Å². The van der Waals surface area contributed by atoms with Crippen LogP contribution in [0.25, 0.3) is 0 Å². The molecule has 0 bridgehead atoms. The van der Waals surface area contributed by atoms with Crippen LogP contribution in [0.15, 0.2) is 11.8 Å². The molecule has 0 rings (SSSR count). The van der Waals surface area contributed by atoms with Gasteiger partial charge in [0.15, 0.2) is 0 Å². The molecule has 3 heteroatoms. The molecule has 4 N–H and O–H groups in total. The number of hydrogen-bond donors (Lipinski definition) is 2. The number of unbranched alkanes of at least 4 members (excludes halogenated alkanes) is 9. The Morgan fingerprint density at radius 1 is 0.905 bits per heavy atom. The summed E-state index contributed by atoms with van der Waals surface area (Å²) in [6, 6.07) is 0. The van der Waals surface area contributed by atoms with Gasteiger partial charge in [-0.3, -0.25) is 0 Å². The zero-order chi connectivity index (χ0) is 15.8. The molecule has 0 aliphatic heterocycles. The van der Waals surface area contributed by atoms with E-state index in [1.165, 1.54) is 57.8 Å². The van der Waals surface area contributed by atoms with Gasteiger partial charge in [-0.15, -0.1) is 0 Å². The Morgan fingerprint density at radius 3 is 1.90 bits per heavy atom. The zero-order valence-electron chi connectivity index (χ0n) is 14.4. The second-order valence-corrected chi connectivity index (χ2v) is 5.89. The van der Waals surface area contributed by atoms with Crippen LogP contribution in [-0.2, 0) is 4.74 Å². The molecule has 0 aliphatic carbocycles. The maximum absolute atomic E-state index is 5.93. The van der Waals surface area contributed by atoms with E-state index in [0.29, 0.717) is 6.54 Å². The summed E-state index contributed by atoms with van der Waals surface area (Å²) >= 11 is 0. The number of hydrogen-bond acceptors (Lipinski definition) is 3. The molecule has 0 spiro atoms. The molecule has 0 heterocycles. The van der Waals surface area contributed by atoms with Crippen LogP contribution < -0.4 is 11.5 Å². The maximum atomic E-state index is 5.93. The van der Waals surface area contributed by atoms with Gasteiger partial charge in [0.25, 0.3) is 0 Å². The van der Waals surface area contributed by atoms with Crippen LogP contribution in [0.2, 0.25) is 0 Å². The topological polar surface area (TPSA) is 61.3 Å². The SMILES string of the molecule is CCCCCCCCCCCCOC(CC)C(N)=CCN. The van der Waals surface area contributed by atoms with E-state index in [2.05, 4.69) is 13.8 Å². The lowest BCUT2D eigenvalue weighted by molar-refractivity contribution is 0.0708. The summed E-state index contributed by atoms with van der Waals surface area (Å²) in [6.45, 7) is 5.67. The predicted octanol–water partition coefficient (Wildman–Crippen LogP) is 4.50. The number of ether oxygens (including phenoxy) is 1. The number of rotatable bonds is 15. The first kappa shape index (κ1) is 20.5. The van der Waals surface area contributed by atoms with Gasteiger partial charge in [-0.25, -0.2) is 0 Å². The van der Waals surface area contributed by atoms with Crippen molar-refractivity contribution in [2.75, 3.05) is 13.2 Å². The first-order valence-corrected chi connectivity index (χ1v) is 9.03. The molecule has 3 nitrogen and oxygen atoms in total. The minimum absolute atomic E-state index is 0.0483. The van der Waals surface area contributed by atoms with Gasteiger partial charge in [-0.2, -0.15) is 0 Å². The lowest BCUT2D eigenvalue weighted by Gasteiger charge is -2.16. The van der Waals surface area contributed by atoms with Gasteiger partial charge in [0, 0.05) is 18.8 Å². The molecule has 0 radical (unpaired) electrons. The van der Waals surface area contributed by atoms with Gasteiger partial charge < -0.3 is 16.2 Å². The first-order chi connectivity index (χ1) is 10.3. The van der Waals surface area contributed by atoms with E-state index in [9.17, 15) is 0 Å². The van der Waals surface area contributed by atoms with E-state index in [0.717, 1.165) is 25.1 Å². The Labute approximate surface area is 132 Å². The van der Waals surface area contributed by atoms with Crippen molar-refractivity contribution in [1.82, 2.24) is 0 Å². The van der Waals surface area contributed by atoms with Crippen molar-refractivity contribution in [3.8, 4) is 0 Å². The molecule has 0 aromatic carbocycles. The molecule has 0 aliphatic rings. The fraction of sp³-hybridized carbons (Fsp3) is 0.889. The third kappa shape index (κ3) is 12.9.